The highest BCUT2D eigenvalue weighted by molar-refractivity contribution is 5.34. The number of rotatable bonds is 6. The summed E-state index contributed by atoms with van der Waals surface area (Å²) in [6.45, 7) is 2.92. The van der Waals surface area contributed by atoms with Gasteiger partial charge >= 0.3 is 0 Å². The van der Waals surface area contributed by atoms with Gasteiger partial charge in [0.05, 0.1) is 26.5 Å². The maximum Gasteiger partial charge on any atom is 0.217 e. The third-order valence-electron chi connectivity index (χ3n) is 4.40. The molecule has 136 valence electrons. The minimum Gasteiger partial charge on any atom is -0.497 e. The Morgan fingerprint density at radius 2 is 1.88 bits per heavy atom. The minimum absolute atomic E-state index is 0.386. The summed E-state index contributed by atoms with van der Waals surface area (Å²) in [5.41, 5.74) is 0.783. The predicted molar refractivity (Wildman–Crippen MR) is 93.9 cm³/mol. The summed E-state index contributed by atoms with van der Waals surface area (Å²) in [6, 6.07) is 6.99. The van der Waals surface area contributed by atoms with Crippen molar-refractivity contribution in [1.82, 2.24) is 9.88 Å². The van der Waals surface area contributed by atoms with Crippen LogP contribution in [0.25, 0.3) is 0 Å². The van der Waals surface area contributed by atoms with E-state index in [0.29, 0.717) is 25.0 Å². The van der Waals surface area contributed by atoms with E-state index in [-0.39, 0.29) is 6.04 Å². The van der Waals surface area contributed by atoms with Crippen LogP contribution in [0.2, 0.25) is 0 Å². The molecule has 0 bridgehead atoms. The van der Waals surface area contributed by atoms with Crippen molar-refractivity contribution in [3.05, 3.63) is 41.9 Å². The van der Waals surface area contributed by atoms with E-state index in [9.17, 15) is 5.11 Å². The van der Waals surface area contributed by atoms with Crippen molar-refractivity contribution in [2.45, 2.75) is 12.1 Å². The number of nitrogens with zero attached hydrogens (tertiary/aromatic N) is 3. The van der Waals surface area contributed by atoms with Crippen LogP contribution < -0.4 is 9.64 Å². The molecule has 2 atom stereocenters. The van der Waals surface area contributed by atoms with E-state index in [1.54, 1.807) is 13.3 Å². The van der Waals surface area contributed by atoms with Gasteiger partial charge in [-0.25, -0.2) is 4.98 Å². The second-order valence-corrected chi connectivity index (χ2v) is 6.26. The number of morpholine rings is 1. The van der Waals surface area contributed by atoms with E-state index < -0.39 is 6.10 Å². The van der Waals surface area contributed by atoms with Crippen LogP contribution in [0.1, 0.15) is 23.6 Å². The summed E-state index contributed by atoms with van der Waals surface area (Å²) in [5, 5.41) is 10.9. The van der Waals surface area contributed by atoms with Gasteiger partial charge in [0.15, 0.2) is 0 Å². The summed E-state index contributed by atoms with van der Waals surface area (Å²) in [4.78, 5) is 8.43. The van der Waals surface area contributed by atoms with Crippen molar-refractivity contribution in [1.29, 1.82) is 0 Å². The Balaban J connectivity index is 1.81. The van der Waals surface area contributed by atoms with Crippen LogP contribution in [0.4, 0.5) is 5.88 Å². The molecule has 0 spiro atoms. The first-order chi connectivity index (χ1) is 12.1. The largest absolute Gasteiger partial charge is 0.497 e. The fourth-order valence-electron chi connectivity index (χ4n) is 2.97. The SMILES string of the molecule is COc1ccc(C(O)C(c2ncc(N3CCOCC3)o2)N(C)C)cc1. The lowest BCUT2D eigenvalue weighted by atomic mass is 10.0. The molecular formula is C18H25N3O4. The third kappa shape index (κ3) is 3.95. The second kappa shape index (κ2) is 7.86. The number of likely N-dealkylation sites (N-methyl/N-ethyl adjacent to an activating group) is 1. The molecule has 0 aliphatic carbocycles. The number of oxazole rings is 1. The average molecular weight is 347 g/mol. The zero-order chi connectivity index (χ0) is 17.8. The van der Waals surface area contributed by atoms with Gasteiger partial charge in [-0.3, -0.25) is 4.90 Å². The number of ether oxygens (including phenoxy) is 2. The van der Waals surface area contributed by atoms with Crippen LogP contribution in [0.3, 0.4) is 0 Å². The Morgan fingerprint density at radius 1 is 1.20 bits per heavy atom. The highest BCUT2D eigenvalue weighted by atomic mass is 16.5. The first-order valence-electron chi connectivity index (χ1n) is 8.37. The molecule has 2 unspecified atom stereocenters. The maximum absolute atomic E-state index is 10.9. The quantitative estimate of drug-likeness (QED) is 0.855. The van der Waals surface area contributed by atoms with Crippen LogP contribution in [0.15, 0.2) is 34.9 Å². The standard InChI is InChI=1S/C18H25N3O4/c1-20(2)16(17(22)13-4-6-14(23-3)7-5-13)18-19-12-15(25-18)21-8-10-24-11-9-21/h4-7,12,16-17,22H,8-11H2,1-3H3. The van der Waals surface area contributed by atoms with Gasteiger partial charge in [-0.1, -0.05) is 12.1 Å². The van der Waals surface area contributed by atoms with Crippen molar-refractivity contribution in [3.8, 4) is 5.75 Å². The second-order valence-electron chi connectivity index (χ2n) is 6.26. The van der Waals surface area contributed by atoms with Gasteiger partial charge in [0.1, 0.15) is 17.9 Å². The van der Waals surface area contributed by atoms with Gasteiger partial charge in [0, 0.05) is 13.1 Å². The van der Waals surface area contributed by atoms with Crippen LogP contribution in [0, 0.1) is 0 Å². The van der Waals surface area contributed by atoms with Crippen LogP contribution >= 0.6 is 0 Å². The molecule has 1 saturated heterocycles. The Hall–Kier alpha value is -2.09. The third-order valence-corrected chi connectivity index (χ3v) is 4.40. The minimum atomic E-state index is -0.767. The zero-order valence-corrected chi connectivity index (χ0v) is 14.9. The summed E-state index contributed by atoms with van der Waals surface area (Å²) in [6.07, 6.45) is 0.954. The molecule has 25 heavy (non-hydrogen) atoms. The number of hydrogen-bond acceptors (Lipinski definition) is 7. The topological polar surface area (TPSA) is 71.2 Å². The first-order valence-corrected chi connectivity index (χ1v) is 8.37. The molecule has 1 aromatic carbocycles. The number of aromatic nitrogens is 1. The number of hydrogen-bond donors (Lipinski definition) is 1. The maximum atomic E-state index is 10.9. The van der Waals surface area contributed by atoms with Gasteiger partial charge in [0.25, 0.3) is 0 Å². The Morgan fingerprint density at radius 3 is 2.48 bits per heavy atom. The lowest BCUT2D eigenvalue weighted by Crippen LogP contribution is -2.35. The highest BCUT2D eigenvalue weighted by Gasteiger charge is 2.30. The van der Waals surface area contributed by atoms with E-state index in [2.05, 4.69) is 9.88 Å². The number of aliphatic hydroxyl groups excluding tert-OH is 1. The van der Waals surface area contributed by atoms with E-state index >= 15 is 0 Å². The van der Waals surface area contributed by atoms with Crippen molar-refractivity contribution >= 4 is 5.88 Å². The van der Waals surface area contributed by atoms with Gasteiger partial charge in [-0.2, -0.15) is 0 Å². The zero-order valence-electron chi connectivity index (χ0n) is 14.9. The fourth-order valence-corrected chi connectivity index (χ4v) is 2.97. The molecule has 1 aliphatic heterocycles. The normalized spacial score (nSPS) is 17.6. The molecule has 1 aromatic heterocycles. The van der Waals surface area contributed by atoms with Crippen molar-refractivity contribution in [3.63, 3.8) is 0 Å². The Kier molecular flexibility index (Phi) is 5.57. The van der Waals surface area contributed by atoms with Crippen molar-refractivity contribution in [2.75, 3.05) is 52.4 Å². The number of anilines is 1. The van der Waals surface area contributed by atoms with E-state index in [1.165, 1.54) is 0 Å². The molecule has 0 saturated carbocycles. The smallest absolute Gasteiger partial charge is 0.217 e. The number of aliphatic hydroxyl groups is 1. The summed E-state index contributed by atoms with van der Waals surface area (Å²) >= 11 is 0. The Labute approximate surface area is 147 Å². The number of benzene rings is 1. The van der Waals surface area contributed by atoms with Crippen molar-refractivity contribution in [2.24, 2.45) is 0 Å². The summed E-state index contributed by atoms with van der Waals surface area (Å²) < 4.78 is 16.5. The average Bonchev–Trinajstić information content (AvgIpc) is 3.12. The molecule has 7 nitrogen and oxygen atoms in total. The van der Waals surface area contributed by atoms with Crippen LogP contribution in [-0.4, -0.2) is 62.5 Å². The molecule has 3 rings (SSSR count). The lowest BCUT2D eigenvalue weighted by Gasteiger charge is -2.28. The van der Waals surface area contributed by atoms with Gasteiger partial charge in [-0.05, 0) is 31.8 Å². The summed E-state index contributed by atoms with van der Waals surface area (Å²) in [5.74, 6) is 1.96. The highest BCUT2D eigenvalue weighted by Crippen LogP contribution is 2.34. The number of methoxy groups -OCH3 is 1. The predicted octanol–water partition coefficient (Wildman–Crippen LogP) is 1.86. The van der Waals surface area contributed by atoms with E-state index in [1.807, 2.05) is 43.3 Å². The fraction of sp³-hybridized carbons (Fsp3) is 0.500. The van der Waals surface area contributed by atoms with Gasteiger partial charge in [0.2, 0.25) is 11.8 Å². The van der Waals surface area contributed by atoms with Gasteiger partial charge in [-0.15, -0.1) is 0 Å². The molecule has 1 fully saturated rings. The van der Waals surface area contributed by atoms with Gasteiger partial charge < -0.3 is 23.9 Å². The molecule has 1 aliphatic rings. The monoisotopic (exact) mass is 347 g/mol. The molecule has 1 N–H and O–H groups in total. The molecule has 7 heteroatoms. The van der Waals surface area contributed by atoms with E-state index in [4.69, 9.17) is 13.9 Å². The lowest BCUT2D eigenvalue weighted by molar-refractivity contribution is 0.0594. The van der Waals surface area contributed by atoms with E-state index in [0.717, 1.165) is 24.4 Å². The molecule has 0 radical (unpaired) electrons. The summed E-state index contributed by atoms with van der Waals surface area (Å²) in [7, 11) is 5.42. The van der Waals surface area contributed by atoms with Crippen LogP contribution in [0.5, 0.6) is 5.75 Å². The first kappa shape index (κ1) is 17.7. The molecule has 2 aromatic rings. The molecular weight excluding hydrogens is 322 g/mol. The molecule has 0 amide bonds. The molecule has 2 heterocycles. The van der Waals surface area contributed by atoms with Crippen molar-refractivity contribution < 1.29 is 19.0 Å². The van der Waals surface area contributed by atoms with Crippen LogP contribution in [-0.2, 0) is 4.74 Å². The Bertz CT molecular complexity index is 665.